The van der Waals surface area contributed by atoms with Crippen LogP contribution in [0.5, 0.6) is 5.75 Å². The quantitative estimate of drug-likeness (QED) is 0.830. The second kappa shape index (κ2) is 3.81. The largest absolute Gasteiger partial charge is 0.495 e. The van der Waals surface area contributed by atoms with E-state index in [0.29, 0.717) is 11.3 Å². The van der Waals surface area contributed by atoms with Crippen molar-refractivity contribution in [1.82, 2.24) is 4.98 Å². The van der Waals surface area contributed by atoms with Gasteiger partial charge < -0.3 is 10.5 Å². The molecule has 4 nitrogen and oxygen atoms in total. The third-order valence-corrected chi connectivity index (χ3v) is 2.44. The van der Waals surface area contributed by atoms with Crippen LogP contribution in [-0.2, 0) is 0 Å². The van der Waals surface area contributed by atoms with Crippen molar-refractivity contribution in [2.45, 2.75) is 6.92 Å². The maximum Gasteiger partial charge on any atom is 0.254 e. The molecule has 1 aromatic heterocycles. The van der Waals surface area contributed by atoms with Crippen LogP contribution in [0.25, 0.3) is 10.9 Å². The molecule has 0 saturated heterocycles. The van der Waals surface area contributed by atoms with Gasteiger partial charge in [0.05, 0.1) is 12.6 Å². The number of primary amides is 1. The zero-order chi connectivity index (χ0) is 11.7. The van der Waals surface area contributed by atoms with Gasteiger partial charge in [0, 0.05) is 11.6 Å². The van der Waals surface area contributed by atoms with Crippen LogP contribution in [0.1, 0.15) is 15.9 Å². The number of fused-ring (bicyclic) bond motifs is 1. The fraction of sp³-hybridized carbons (Fsp3) is 0.167. The number of hydrogen-bond donors (Lipinski definition) is 1. The number of nitrogens with two attached hydrogens (primary N) is 1. The standard InChI is InChI=1S/C12H12N2O2/c1-7-3-4-10-8(5-7)11(16-2)9(6-14-10)12(13)15/h3-6H,1-2H3,(H2,13,15). The zero-order valence-corrected chi connectivity index (χ0v) is 9.15. The van der Waals surface area contributed by atoms with Gasteiger partial charge in [-0.1, -0.05) is 11.6 Å². The molecule has 2 aromatic rings. The van der Waals surface area contributed by atoms with Crippen LogP contribution in [0.3, 0.4) is 0 Å². The number of methoxy groups -OCH3 is 1. The lowest BCUT2D eigenvalue weighted by Gasteiger charge is -2.09. The molecular formula is C12H12N2O2. The second-order valence-electron chi connectivity index (χ2n) is 3.59. The number of carbonyl (C=O) groups is 1. The van der Waals surface area contributed by atoms with E-state index < -0.39 is 5.91 Å². The lowest BCUT2D eigenvalue weighted by atomic mass is 10.1. The van der Waals surface area contributed by atoms with Crippen LogP contribution < -0.4 is 10.5 Å². The molecule has 0 spiro atoms. The fourth-order valence-corrected chi connectivity index (χ4v) is 1.68. The minimum Gasteiger partial charge on any atom is -0.495 e. The first-order valence-electron chi connectivity index (χ1n) is 4.86. The normalized spacial score (nSPS) is 10.4. The molecule has 1 amide bonds. The highest BCUT2D eigenvalue weighted by atomic mass is 16.5. The summed E-state index contributed by atoms with van der Waals surface area (Å²) < 4.78 is 5.23. The zero-order valence-electron chi connectivity index (χ0n) is 9.15. The van der Waals surface area contributed by atoms with Crippen molar-refractivity contribution in [3.63, 3.8) is 0 Å². The van der Waals surface area contributed by atoms with E-state index in [9.17, 15) is 4.79 Å². The average Bonchev–Trinajstić information content (AvgIpc) is 2.27. The van der Waals surface area contributed by atoms with Crippen molar-refractivity contribution >= 4 is 16.8 Å². The Hall–Kier alpha value is -2.10. The number of carbonyl (C=O) groups excluding carboxylic acids is 1. The van der Waals surface area contributed by atoms with Crippen LogP contribution in [0.15, 0.2) is 24.4 Å². The van der Waals surface area contributed by atoms with E-state index >= 15 is 0 Å². The Bertz CT molecular complexity index is 564. The Labute approximate surface area is 93.0 Å². The van der Waals surface area contributed by atoms with E-state index in [1.54, 1.807) is 0 Å². The van der Waals surface area contributed by atoms with Crippen LogP contribution in [0.4, 0.5) is 0 Å². The molecule has 1 aromatic carbocycles. The SMILES string of the molecule is COc1c(C(N)=O)cnc2ccc(C)cc12. The summed E-state index contributed by atoms with van der Waals surface area (Å²) in [7, 11) is 1.52. The summed E-state index contributed by atoms with van der Waals surface area (Å²) >= 11 is 0. The van der Waals surface area contributed by atoms with Crippen LogP contribution in [-0.4, -0.2) is 18.0 Å². The first kappa shape index (κ1) is 10.4. The molecule has 0 atom stereocenters. The molecule has 16 heavy (non-hydrogen) atoms. The molecule has 0 radical (unpaired) electrons. The highest BCUT2D eigenvalue weighted by Crippen LogP contribution is 2.28. The van der Waals surface area contributed by atoms with Gasteiger partial charge in [-0.2, -0.15) is 0 Å². The van der Waals surface area contributed by atoms with E-state index in [2.05, 4.69) is 4.98 Å². The first-order chi connectivity index (χ1) is 7.63. The summed E-state index contributed by atoms with van der Waals surface area (Å²) in [6.45, 7) is 1.97. The van der Waals surface area contributed by atoms with Gasteiger partial charge in [-0.3, -0.25) is 9.78 Å². The van der Waals surface area contributed by atoms with Crippen molar-refractivity contribution in [3.05, 3.63) is 35.5 Å². The number of aromatic nitrogens is 1. The molecule has 0 aliphatic rings. The number of aryl methyl sites for hydroxylation is 1. The molecule has 0 aliphatic carbocycles. The predicted molar refractivity (Wildman–Crippen MR) is 61.5 cm³/mol. The summed E-state index contributed by atoms with van der Waals surface area (Å²) in [4.78, 5) is 15.4. The summed E-state index contributed by atoms with van der Waals surface area (Å²) in [6, 6.07) is 5.77. The second-order valence-corrected chi connectivity index (χ2v) is 3.59. The average molecular weight is 216 g/mol. The molecule has 0 saturated carbocycles. The van der Waals surface area contributed by atoms with Gasteiger partial charge >= 0.3 is 0 Å². The predicted octanol–water partition coefficient (Wildman–Crippen LogP) is 1.65. The summed E-state index contributed by atoms with van der Waals surface area (Å²) in [6.07, 6.45) is 1.44. The van der Waals surface area contributed by atoms with Gasteiger partial charge in [-0.05, 0) is 19.1 Å². The third-order valence-electron chi connectivity index (χ3n) is 2.44. The van der Waals surface area contributed by atoms with Crippen molar-refractivity contribution < 1.29 is 9.53 Å². The number of pyridine rings is 1. The fourth-order valence-electron chi connectivity index (χ4n) is 1.68. The van der Waals surface area contributed by atoms with E-state index in [-0.39, 0.29) is 0 Å². The molecule has 0 aliphatic heterocycles. The molecule has 82 valence electrons. The number of nitrogens with zero attached hydrogens (tertiary/aromatic N) is 1. The van der Waals surface area contributed by atoms with Crippen molar-refractivity contribution in [1.29, 1.82) is 0 Å². The Kier molecular flexibility index (Phi) is 2.48. The minimum absolute atomic E-state index is 0.306. The van der Waals surface area contributed by atoms with Gasteiger partial charge in [0.2, 0.25) is 0 Å². The summed E-state index contributed by atoms with van der Waals surface area (Å²) in [5.41, 5.74) is 7.43. The smallest absolute Gasteiger partial charge is 0.254 e. The Morgan fingerprint density at radius 3 is 2.81 bits per heavy atom. The number of ether oxygens (including phenoxy) is 1. The van der Waals surface area contributed by atoms with Crippen LogP contribution in [0.2, 0.25) is 0 Å². The molecule has 1 heterocycles. The van der Waals surface area contributed by atoms with E-state index in [4.69, 9.17) is 10.5 Å². The molecule has 2 N–H and O–H groups in total. The topological polar surface area (TPSA) is 65.2 Å². The maximum absolute atomic E-state index is 11.2. The third kappa shape index (κ3) is 1.58. The van der Waals surface area contributed by atoms with E-state index in [1.807, 2.05) is 25.1 Å². The summed E-state index contributed by atoms with van der Waals surface area (Å²) in [5.74, 6) is -0.0473. The Morgan fingerprint density at radius 1 is 1.44 bits per heavy atom. The number of hydrogen-bond acceptors (Lipinski definition) is 3. The number of amides is 1. The Balaban J connectivity index is 2.83. The van der Waals surface area contributed by atoms with Crippen LogP contribution >= 0.6 is 0 Å². The molecule has 4 heteroatoms. The molecule has 0 bridgehead atoms. The maximum atomic E-state index is 11.2. The van der Waals surface area contributed by atoms with E-state index in [0.717, 1.165) is 16.5 Å². The van der Waals surface area contributed by atoms with Crippen molar-refractivity contribution in [2.75, 3.05) is 7.11 Å². The molecule has 0 fully saturated rings. The highest BCUT2D eigenvalue weighted by molar-refractivity contribution is 6.01. The molecular weight excluding hydrogens is 204 g/mol. The van der Waals surface area contributed by atoms with Gasteiger partial charge in [0.25, 0.3) is 5.91 Å². The van der Waals surface area contributed by atoms with E-state index in [1.165, 1.54) is 13.3 Å². The molecule has 2 rings (SSSR count). The number of rotatable bonds is 2. The summed E-state index contributed by atoms with van der Waals surface area (Å²) in [5, 5.41) is 0.804. The number of benzene rings is 1. The highest BCUT2D eigenvalue weighted by Gasteiger charge is 2.13. The van der Waals surface area contributed by atoms with Crippen molar-refractivity contribution in [3.8, 4) is 5.75 Å². The lowest BCUT2D eigenvalue weighted by molar-refractivity contribution is 0.0997. The van der Waals surface area contributed by atoms with Gasteiger partial charge in [-0.25, -0.2) is 0 Å². The monoisotopic (exact) mass is 216 g/mol. The first-order valence-corrected chi connectivity index (χ1v) is 4.86. The van der Waals surface area contributed by atoms with Crippen molar-refractivity contribution in [2.24, 2.45) is 5.73 Å². The Morgan fingerprint density at radius 2 is 2.19 bits per heavy atom. The van der Waals surface area contributed by atoms with Gasteiger partial charge in [0.1, 0.15) is 11.3 Å². The van der Waals surface area contributed by atoms with Gasteiger partial charge in [0.15, 0.2) is 0 Å². The molecule has 0 unspecified atom stereocenters. The van der Waals surface area contributed by atoms with Gasteiger partial charge in [-0.15, -0.1) is 0 Å². The lowest BCUT2D eigenvalue weighted by Crippen LogP contribution is -2.13. The minimum atomic E-state index is -0.534. The van der Waals surface area contributed by atoms with Crippen LogP contribution in [0, 0.1) is 6.92 Å².